The summed E-state index contributed by atoms with van der Waals surface area (Å²) >= 11 is 1.71. The highest BCUT2D eigenvalue weighted by Gasteiger charge is 2.07. The number of fused-ring (bicyclic) bond motifs is 1. The smallest absolute Gasteiger partial charge is 0.122 e. The van der Waals surface area contributed by atoms with E-state index in [4.69, 9.17) is 4.74 Å². The molecule has 0 saturated heterocycles. The summed E-state index contributed by atoms with van der Waals surface area (Å²) in [6.45, 7) is 2.09. The summed E-state index contributed by atoms with van der Waals surface area (Å²) in [6, 6.07) is 14.3. The molecule has 0 saturated carbocycles. The van der Waals surface area contributed by atoms with E-state index in [-0.39, 0.29) is 0 Å². The van der Waals surface area contributed by atoms with Crippen molar-refractivity contribution in [3.63, 3.8) is 0 Å². The Morgan fingerprint density at radius 3 is 2.81 bits per heavy atom. The lowest BCUT2D eigenvalue weighted by molar-refractivity contribution is 0.411. The summed E-state index contributed by atoms with van der Waals surface area (Å²) in [6.07, 6.45) is 1.62. The van der Waals surface area contributed by atoms with Crippen LogP contribution in [0.15, 0.2) is 53.8 Å². The van der Waals surface area contributed by atoms with Crippen molar-refractivity contribution in [2.45, 2.75) is 17.7 Å². The van der Waals surface area contributed by atoms with Gasteiger partial charge in [0.2, 0.25) is 0 Å². The lowest BCUT2D eigenvalue weighted by Gasteiger charge is -2.09. The zero-order valence-electron chi connectivity index (χ0n) is 12.0. The van der Waals surface area contributed by atoms with Gasteiger partial charge in [-0.3, -0.25) is 0 Å². The van der Waals surface area contributed by atoms with E-state index in [1.807, 2.05) is 24.3 Å². The van der Waals surface area contributed by atoms with Gasteiger partial charge in [-0.1, -0.05) is 35.9 Å². The maximum absolute atomic E-state index is 5.43. The molecule has 0 amide bonds. The van der Waals surface area contributed by atoms with Crippen molar-refractivity contribution >= 4 is 22.7 Å². The second-order valence-corrected chi connectivity index (χ2v) is 5.76. The van der Waals surface area contributed by atoms with E-state index in [0.29, 0.717) is 0 Å². The summed E-state index contributed by atoms with van der Waals surface area (Å²) in [5.74, 6) is 1.75. The Morgan fingerprint density at radius 1 is 1.10 bits per heavy atom. The van der Waals surface area contributed by atoms with Crippen LogP contribution in [0, 0.1) is 6.92 Å². The highest BCUT2D eigenvalue weighted by molar-refractivity contribution is 7.98. The maximum atomic E-state index is 5.43. The number of ether oxygens (including phenoxy) is 1. The van der Waals surface area contributed by atoms with Gasteiger partial charge in [-0.15, -0.1) is 11.8 Å². The van der Waals surface area contributed by atoms with Gasteiger partial charge < -0.3 is 4.74 Å². The minimum absolute atomic E-state index is 0.825. The van der Waals surface area contributed by atoms with Crippen molar-refractivity contribution < 1.29 is 4.74 Å². The lowest BCUT2D eigenvalue weighted by Crippen LogP contribution is -1.92. The van der Waals surface area contributed by atoms with Gasteiger partial charge in [-0.2, -0.15) is 0 Å². The fourth-order valence-corrected chi connectivity index (χ4v) is 3.23. The van der Waals surface area contributed by atoms with Crippen molar-refractivity contribution in [2.24, 2.45) is 0 Å². The monoisotopic (exact) mass is 296 g/mol. The summed E-state index contributed by atoms with van der Waals surface area (Å²) in [5.41, 5.74) is 3.40. The first-order valence-corrected chi connectivity index (χ1v) is 7.72. The molecule has 0 fully saturated rings. The molecule has 2 aromatic carbocycles. The number of nitrogens with zero attached hydrogens (tertiary/aromatic N) is 2. The predicted octanol–water partition coefficient (Wildman–Crippen LogP) is 4.24. The average molecular weight is 296 g/mol. The van der Waals surface area contributed by atoms with Crippen molar-refractivity contribution in [3.8, 4) is 5.75 Å². The molecule has 1 heterocycles. The Balaban J connectivity index is 1.89. The van der Waals surface area contributed by atoms with Crippen molar-refractivity contribution in [1.29, 1.82) is 0 Å². The summed E-state index contributed by atoms with van der Waals surface area (Å²) in [7, 11) is 1.71. The first-order chi connectivity index (χ1) is 10.3. The molecule has 3 rings (SSSR count). The lowest BCUT2D eigenvalue weighted by atomic mass is 10.1. The predicted molar refractivity (Wildman–Crippen MR) is 86.8 cm³/mol. The molecular weight excluding hydrogens is 280 g/mol. The molecule has 106 valence electrons. The molecule has 3 nitrogen and oxygen atoms in total. The van der Waals surface area contributed by atoms with Crippen LogP contribution in [-0.2, 0) is 5.75 Å². The molecule has 0 aliphatic heterocycles. The maximum Gasteiger partial charge on any atom is 0.122 e. The van der Waals surface area contributed by atoms with Crippen LogP contribution in [0.1, 0.15) is 11.1 Å². The quantitative estimate of drug-likeness (QED) is 0.533. The normalized spacial score (nSPS) is 10.8. The fraction of sp³-hybridized carbons (Fsp3) is 0.176. The van der Waals surface area contributed by atoms with Crippen LogP contribution in [0.3, 0.4) is 0 Å². The van der Waals surface area contributed by atoms with Crippen LogP contribution >= 0.6 is 11.8 Å². The highest BCUT2D eigenvalue weighted by atomic mass is 32.2. The molecule has 0 atom stereocenters. The van der Waals surface area contributed by atoms with E-state index in [9.17, 15) is 0 Å². The number of methoxy groups -OCH3 is 1. The van der Waals surface area contributed by atoms with Crippen molar-refractivity contribution in [1.82, 2.24) is 9.97 Å². The number of thioether (sulfide) groups is 1. The first-order valence-electron chi connectivity index (χ1n) is 6.74. The molecule has 3 aromatic rings. The Hall–Kier alpha value is -2.07. The molecule has 21 heavy (non-hydrogen) atoms. The Labute approximate surface area is 128 Å². The summed E-state index contributed by atoms with van der Waals surface area (Å²) in [4.78, 5) is 8.71. The number of benzene rings is 2. The third kappa shape index (κ3) is 3.00. The van der Waals surface area contributed by atoms with Gasteiger partial charge in [0, 0.05) is 16.7 Å². The van der Waals surface area contributed by atoms with E-state index >= 15 is 0 Å². The van der Waals surface area contributed by atoms with E-state index < -0.39 is 0 Å². The van der Waals surface area contributed by atoms with Crippen LogP contribution in [0.5, 0.6) is 5.75 Å². The molecule has 0 aliphatic rings. The van der Waals surface area contributed by atoms with Crippen LogP contribution in [-0.4, -0.2) is 17.1 Å². The molecule has 0 N–H and O–H groups in total. The number of hydrogen-bond donors (Lipinski definition) is 0. The van der Waals surface area contributed by atoms with Crippen LogP contribution in [0.2, 0.25) is 0 Å². The molecule has 0 radical (unpaired) electrons. The molecule has 0 aliphatic carbocycles. The van der Waals surface area contributed by atoms with Crippen molar-refractivity contribution in [3.05, 3.63) is 59.9 Å². The van der Waals surface area contributed by atoms with Crippen molar-refractivity contribution in [2.75, 3.05) is 7.11 Å². The molecular formula is C17H16N2OS. The summed E-state index contributed by atoms with van der Waals surface area (Å²) in [5, 5.41) is 2.10. The van der Waals surface area contributed by atoms with Gasteiger partial charge in [0.1, 0.15) is 17.1 Å². The van der Waals surface area contributed by atoms with Gasteiger partial charge in [0.25, 0.3) is 0 Å². The van der Waals surface area contributed by atoms with Gasteiger partial charge in [-0.25, -0.2) is 9.97 Å². The van der Waals surface area contributed by atoms with Crippen LogP contribution in [0.25, 0.3) is 10.9 Å². The standard InChI is InChI=1S/C17H16N2OS/c1-12-7-8-16(20-2)13(9-12)10-21-17-14-5-3-4-6-15(14)18-11-19-17/h3-9,11H,10H2,1-2H3. The second-order valence-electron chi connectivity index (χ2n) is 4.80. The molecule has 4 heteroatoms. The second kappa shape index (κ2) is 6.14. The SMILES string of the molecule is COc1ccc(C)cc1CSc1ncnc2ccccc12. The van der Waals surface area contributed by atoms with E-state index in [2.05, 4.69) is 35.1 Å². The Kier molecular flexibility index (Phi) is 4.06. The number of aromatic nitrogens is 2. The largest absolute Gasteiger partial charge is 0.496 e. The van der Waals surface area contributed by atoms with Gasteiger partial charge >= 0.3 is 0 Å². The number of hydrogen-bond acceptors (Lipinski definition) is 4. The van der Waals surface area contributed by atoms with E-state index in [0.717, 1.165) is 27.4 Å². The summed E-state index contributed by atoms with van der Waals surface area (Å²) < 4.78 is 5.43. The minimum atomic E-state index is 0.825. The first kappa shape index (κ1) is 13.9. The molecule has 0 spiro atoms. The van der Waals surface area contributed by atoms with Crippen LogP contribution < -0.4 is 4.74 Å². The minimum Gasteiger partial charge on any atom is -0.496 e. The topological polar surface area (TPSA) is 35.0 Å². The third-order valence-electron chi connectivity index (χ3n) is 3.31. The van der Waals surface area contributed by atoms with Gasteiger partial charge in [0.15, 0.2) is 0 Å². The number of aryl methyl sites for hydroxylation is 1. The zero-order valence-corrected chi connectivity index (χ0v) is 12.9. The number of para-hydroxylation sites is 1. The third-order valence-corrected chi connectivity index (χ3v) is 4.36. The number of rotatable bonds is 4. The fourth-order valence-electron chi connectivity index (χ4n) is 2.26. The highest BCUT2D eigenvalue weighted by Crippen LogP contribution is 2.30. The molecule has 1 aromatic heterocycles. The Bertz CT molecular complexity index is 768. The average Bonchev–Trinajstić information content (AvgIpc) is 2.53. The molecule has 0 unspecified atom stereocenters. The zero-order chi connectivity index (χ0) is 14.7. The van der Waals surface area contributed by atoms with Crippen LogP contribution in [0.4, 0.5) is 0 Å². The van der Waals surface area contributed by atoms with E-state index in [1.54, 1.807) is 25.2 Å². The van der Waals surface area contributed by atoms with E-state index in [1.165, 1.54) is 11.1 Å². The Morgan fingerprint density at radius 2 is 1.95 bits per heavy atom. The molecule has 0 bridgehead atoms. The van der Waals surface area contributed by atoms with Gasteiger partial charge in [0.05, 0.1) is 12.6 Å². The van der Waals surface area contributed by atoms with Gasteiger partial charge in [-0.05, 0) is 19.1 Å².